The fourth-order valence-corrected chi connectivity index (χ4v) is 17.2. The van der Waals surface area contributed by atoms with E-state index < -0.39 is 195 Å². The molecule has 36 heteroatoms. The summed E-state index contributed by atoms with van der Waals surface area (Å²) in [5.41, 5.74) is -3.85. The topological polar surface area (TPSA) is 253 Å². The third-order valence-electron chi connectivity index (χ3n) is 22.2. The molecule has 16 nitrogen and oxygen atoms in total. The van der Waals surface area contributed by atoms with Crippen molar-refractivity contribution in [3.8, 4) is 93.4 Å². The van der Waals surface area contributed by atoms with Crippen molar-refractivity contribution >= 4 is 62.5 Å². The minimum atomic E-state index is -4.75. The number of sulfone groups is 4. The molecule has 9 rings (SSSR count). The van der Waals surface area contributed by atoms with E-state index in [0.29, 0.717) is 57.3 Å². The number of halogens is 16. The summed E-state index contributed by atoms with van der Waals surface area (Å²) >= 11 is 0. The van der Waals surface area contributed by atoms with E-state index in [1.807, 2.05) is 0 Å². The van der Waals surface area contributed by atoms with E-state index in [1.54, 1.807) is 62.4 Å². The quantitative estimate of drug-likeness (QED) is 0.0206. The van der Waals surface area contributed by atoms with Gasteiger partial charge < -0.3 is 0 Å². The molecule has 140 heavy (non-hydrogen) atoms. The Morgan fingerprint density at radius 3 is 0.721 bits per heavy atom. The van der Waals surface area contributed by atoms with Gasteiger partial charge in [0.1, 0.15) is 46.8 Å². The molecule has 1 aliphatic carbocycles. The number of rotatable bonds is 40. The van der Waals surface area contributed by atoms with Crippen LogP contribution in [0.1, 0.15) is 193 Å². The molecule has 1 fully saturated rings. The maximum atomic E-state index is 14.5. The zero-order valence-electron chi connectivity index (χ0n) is 79.5. The third-order valence-corrected chi connectivity index (χ3v) is 26.7. The molecule has 1 saturated carbocycles. The highest BCUT2D eigenvalue weighted by Gasteiger charge is 2.50. The van der Waals surface area contributed by atoms with Gasteiger partial charge in [-0.2, -0.15) is 52.7 Å². The summed E-state index contributed by atoms with van der Waals surface area (Å²) < 4.78 is 319. The summed E-state index contributed by atoms with van der Waals surface area (Å²) in [5.74, 6) is 9.78. The molecule has 8 aromatic carbocycles. The molecule has 0 saturated heterocycles. The van der Waals surface area contributed by atoms with Gasteiger partial charge in [0.2, 0.25) is 0 Å². The predicted octanol–water partition coefficient (Wildman–Crippen LogP) is 22.8. The first-order valence-corrected chi connectivity index (χ1v) is 51.4. The van der Waals surface area contributed by atoms with Gasteiger partial charge in [-0.1, -0.05) is 158 Å². The van der Waals surface area contributed by atoms with Gasteiger partial charge in [-0.05, 0) is 190 Å². The Morgan fingerprint density at radius 1 is 0.336 bits per heavy atom. The van der Waals surface area contributed by atoms with E-state index in [9.17, 15) is 123 Å². The summed E-state index contributed by atoms with van der Waals surface area (Å²) in [5, 5.41) is 9.36. The normalized spacial score (nSPS) is 15.2. The van der Waals surface area contributed by atoms with Crippen molar-refractivity contribution in [1.29, 1.82) is 0 Å². The number of ketones is 4. The number of Topliss-reactive ketones (excluding diaryl/α,β-unsaturated/α-hetero) is 4. The monoisotopic (exact) mass is 2040 g/mol. The van der Waals surface area contributed by atoms with E-state index in [1.165, 1.54) is 201 Å². The first-order chi connectivity index (χ1) is 64.3. The molecular formula is C104H114F16N4O12S4. The van der Waals surface area contributed by atoms with E-state index in [0.717, 1.165) is 25.0 Å². The van der Waals surface area contributed by atoms with Crippen molar-refractivity contribution in [2.24, 2.45) is 11.3 Å². The van der Waals surface area contributed by atoms with Crippen LogP contribution in [-0.4, -0.2) is 153 Å². The van der Waals surface area contributed by atoms with E-state index in [2.05, 4.69) is 50.9 Å². The lowest BCUT2D eigenvalue weighted by molar-refractivity contribution is -0.162. The number of carbonyl (C=O) groups is 4. The van der Waals surface area contributed by atoms with Crippen molar-refractivity contribution in [2.75, 3.05) is 25.0 Å². The number of alkyl halides is 16. The van der Waals surface area contributed by atoms with Crippen LogP contribution in [0.5, 0.6) is 0 Å². The molecule has 4 N–H and O–H groups in total. The van der Waals surface area contributed by atoms with Gasteiger partial charge in [-0.3, -0.25) is 40.4 Å². The highest BCUT2D eigenvalue weighted by atomic mass is 32.2. The largest absolute Gasteiger partial charge is 0.407 e. The first-order valence-electron chi connectivity index (χ1n) is 43.8. The molecule has 8 aromatic rings. The Morgan fingerprint density at radius 2 is 0.543 bits per heavy atom. The first kappa shape index (κ1) is 118. The number of nitrogens with one attached hydrogen (secondary N) is 4. The van der Waals surface area contributed by atoms with Crippen molar-refractivity contribution < 1.29 is 123 Å². The Balaban J connectivity index is 0.000000286. The van der Waals surface area contributed by atoms with Gasteiger partial charge in [-0.15, -0.1) is 43.0 Å². The van der Waals surface area contributed by atoms with Crippen molar-refractivity contribution in [1.82, 2.24) is 21.3 Å². The number of terminal acetylenes is 3. The van der Waals surface area contributed by atoms with Crippen molar-refractivity contribution in [2.45, 2.75) is 262 Å². The molecule has 0 spiro atoms. The Kier molecular flexibility index (Phi) is 40.7. The van der Waals surface area contributed by atoms with Crippen molar-refractivity contribution in [3.05, 3.63) is 216 Å². The zero-order valence-corrected chi connectivity index (χ0v) is 82.7. The lowest BCUT2D eigenvalue weighted by atomic mass is 9.90. The average molecular weight is 2040 g/mol. The maximum absolute atomic E-state index is 14.5. The molecule has 0 aromatic heterocycles. The molecule has 9 atom stereocenters. The lowest BCUT2D eigenvalue weighted by Gasteiger charge is -2.30. The molecule has 758 valence electrons. The molecule has 0 amide bonds. The van der Waals surface area contributed by atoms with E-state index in [-0.39, 0.29) is 80.4 Å². The summed E-state index contributed by atoms with van der Waals surface area (Å²) in [6.45, 7) is 12.8. The van der Waals surface area contributed by atoms with Crippen LogP contribution in [0.4, 0.5) is 70.2 Å². The van der Waals surface area contributed by atoms with Gasteiger partial charge >= 0.3 is 24.7 Å². The molecule has 0 heterocycles. The van der Waals surface area contributed by atoms with Crippen LogP contribution in [0, 0.1) is 60.2 Å². The molecule has 0 aliphatic heterocycles. The van der Waals surface area contributed by atoms with Crippen LogP contribution in [0.3, 0.4) is 0 Å². The number of hydrogen-bond donors (Lipinski definition) is 4. The summed E-state index contributed by atoms with van der Waals surface area (Å²) in [4.78, 5) is 51.2. The third kappa shape index (κ3) is 38.6. The number of hydrogen-bond acceptors (Lipinski definition) is 16. The zero-order chi connectivity index (χ0) is 106. The summed E-state index contributed by atoms with van der Waals surface area (Å²) in [7, 11) is -13.5. The number of benzene rings is 8. The molecular weight excluding hydrogens is 1930 g/mol. The SMILES string of the molecule is C#CC(C)CC(=O)[C@H](CC(C)(C)F)N[C@@H](c1ccc(-c2ccc(S(C)(=O)=O)cc2)cc1)C(F)(F)F.C#CC1(CC(=O)[C@H](CC(C)(C)F)N[C@@H](c2ccc(-c3ccc(S(C)(=O)=O)cc3)cc2)C(F)(F)F)CC1.C#CCCC(=O)[C@H](CC(C)(C)F)N[C@@H](c1ccc(-c2ccc(S(C)(=O)=O)cc2)cc1)C(F)(F)F.CC#CCCC(=O)[C@H](CC(C)(C)F)N[C@@H](c1ccc(-c2ccc(S(C)(=O)=O)cc2)cc1)C(F)(F)F. The van der Waals surface area contributed by atoms with Crippen LogP contribution in [0.2, 0.25) is 0 Å². The lowest BCUT2D eigenvalue weighted by Crippen LogP contribution is -2.47. The second kappa shape index (κ2) is 48.3. The summed E-state index contributed by atoms with van der Waals surface area (Å²) in [6.07, 6.45) is 0.532. The Hall–Kier alpha value is -10.8. The highest BCUT2D eigenvalue weighted by molar-refractivity contribution is 7.91. The van der Waals surface area contributed by atoms with Crippen LogP contribution in [-0.2, 0) is 58.5 Å². The molecule has 0 bridgehead atoms. The van der Waals surface area contributed by atoms with Crippen LogP contribution in [0.15, 0.2) is 214 Å². The Bertz CT molecular complexity index is 6220. The van der Waals surface area contributed by atoms with Gasteiger partial charge in [0.25, 0.3) is 0 Å². The standard InChI is InChI=1S/C27H29F4NO3S.2C26H29F4NO3S.C25H27F4NO3S/c1-5-26(14-15-26)17-23(33)22(16-25(2,3)28)32-24(27(29,30)31)20-8-6-18(7-9-20)19-10-12-21(13-11-19)36(4,34)35;1-6-17(2)15-23(32)22(16-25(3,4)27)31-24(26(28,29)30)20-9-7-18(8-10-20)19-11-13-21(14-12-19)35(5,33)34;1-5-6-7-8-23(32)22(17-25(2,3)27)31-24(26(28,29)30)20-11-9-18(10-12-20)19-13-15-21(16-14-19)35(4,33)34;1-5-6-7-22(31)21(16-24(2,3)26)30-23(25(27,28)29)19-10-8-17(9-11-19)18-12-14-20(15-13-18)34(4,32)33/h1,6-13,22,24,32H,14-17H2,2-4H3;1,7-14,17,22,24,31H,15-16H2,2-5H3;9-16,22,24,31H,7-8,17H2,1-4H3;1,8-15,21,23,30H,6-7,16H2,2-4H3/t22-,24-;17?,22-,24-;22-,24-;21-,23-/m0000/s1. The van der Waals surface area contributed by atoms with E-state index in [4.69, 9.17) is 19.3 Å². The Labute approximate surface area is 809 Å². The van der Waals surface area contributed by atoms with Crippen molar-refractivity contribution in [3.63, 3.8) is 0 Å². The molecule has 0 radical (unpaired) electrons. The minimum absolute atomic E-state index is 0.0488. The van der Waals surface area contributed by atoms with Gasteiger partial charge in [0, 0.05) is 101 Å². The van der Waals surface area contributed by atoms with Crippen LogP contribution < -0.4 is 21.3 Å². The fourth-order valence-electron chi connectivity index (χ4n) is 14.7. The molecule has 1 aliphatic rings. The fraction of sp³-hybridized carbons (Fsp3) is 0.423. The molecule has 1 unspecified atom stereocenters. The number of carbonyl (C=O) groups excluding carboxylic acids is 4. The minimum Gasteiger partial charge on any atom is -0.298 e. The second-order valence-electron chi connectivity index (χ2n) is 37.0. The van der Waals surface area contributed by atoms with Crippen LogP contribution in [0.25, 0.3) is 44.5 Å². The van der Waals surface area contributed by atoms with Gasteiger partial charge in [0.15, 0.2) is 62.5 Å². The predicted molar refractivity (Wildman–Crippen MR) is 511 cm³/mol. The highest BCUT2D eigenvalue weighted by Crippen LogP contribution is 2.49. The smallest absolute Gasteiger partial charge is 0.298 e. The average Bonchev–Trinajstić information content (AvgIpc) is 1.61. The second-order valence-corrected chi connectivity index (χ2v) is 45.1. The maximum Gasteiger partial charge on any atom is 0.407 e. The van der Waals surface area contributed by atoms with E-state index >= 15 is 0 Å². The summed E-state index contributed by atoms with van der Waals surface area (Å²) in [6, 6.07) is 31.8. The van der Waals surface area contributed by atoms with Gasteiger partial charge in [0.05, 0.1) is 43.7 Å². The van der Waals surface area contributed by atoms with Crippen LogP contribution >= 0.6 is 0 Å². The van der Waals surface area contributed by atoms with Gasteiger partial charge in [-0.25, -0.2) is 51.2 Å².